The van der Waals surface area contributed by atoms with Crippen molar-refractivity contribution in [3.8, 4) is 6.07 Å². The fourth-order valence-electron chi connectivity index (χ4n) is 4.08. The van der Waals surface area contributed by atoms with Crippen molar-refractivity contribution in [3.05, 3.63) is 58.7 Å². The third-order valence-corrected chi connectivity index (χ3v) is 6.95. The number of ketones is 1. The Hall–Kier alpha value is -2.36. The van der Waals surface area contributed by atoms with Gasteiger partial charge in [0.15, 0.2) is 5.82 Å². The summed E-state index contributed by atoms with van der Waals surface area (Å²) in [7, 11) is 0. The Labute approximate surface area is 196 Å². The molecule has 3 rings (SSSR count). The number of nitrogens with one attached hydrogen (secondary N) is 2. The zero-order chi connectivity index (χ0) is 23.4. The van der Waals surface area contributed by atoms with Crippen LogP contribution >= 0.6 is 11.8 Å². The predicted octanol–water partition coefficient (Wildman–Crippen LogP) is 5.49. The molecule has 1 heterocycles. The molecule has 1 aliphatic rings. The number of imidazole rings is 1. The first-order chi connectivity index (χ1) is 15.1. The van der Waals surface area contributed by atoms with Gasteiger partial charge in [-0.3, -0.25) is 4.79 Å². The number of hydrogen-bond donors (Lipinski definition) is 2. The molecule has 0 saturated heterocycles. The first-order valence-electron chi connectivity index (χ1n) is 11.2. The minimum absolute atomic E-state index is 0.102. The number of allylic oxidation sites excluding steroid dienone is 2. The van der Waals surface area contributed by atoms with Gasteiger partial charge in [-0.2, -0.15) is 17.0 Å². The molecule has 0 atom stereocenters. The van der Waals surface area contributed by atoms with Crippen molar-refractivity contribution in [2.75, 3.05) is 18.6 Å². The molecule has 0 aliphatic heterocycles. The van der Waals surface area contributed by atoms with Gasteiger partial charge in [0, 0.05) is 24.3 Å². The third-order valence-electron chi connectivity index (χ3n) is 6.33. The van der Waals surface area contributed by atoms with E-state index in [1.807, 2.05) is 17.8 Å². The summed E-state index contributed by atoms with van der Waals surface area (Å²) < 4.78 is 0. The Kier molecular flexibility index (Phi) is 7.63. The monoisotopic (exact) mass is 450 g/mol. The first-order valence-corrected chi connectivity index (χ1v) is 12.6. The van der Waals surface area contributed by atoms with E-state index in [1.54, 1.807) is 0 Å². The summed E-state index contributed by atoms with van der Waals surface area (Å²) >= 11 is 1.84. The van der Waals surface area contributed by atoms with Crippen LogP contribution in [-0.4, -0.2) is 34.3 Å². The van der Waals surface area contributed by atoms with Crippen LogP contribution in [0.2, 0.25) is 0 Å². The number of rotatable bonds is 9. The maximum atomic E-state index is 12.9. The Morgan fingerprint density at radius 1 is 1.38 bits per heavy atom. The van der Waals surface area contributed by atoms with Crippen LogP contribution in [0.5, 0.6) is 0 Å². The van der Waals surface area contributed by atoms with E-state index >= 15 is 0 Å². The third kappa shape index (κ3) is 5.90. The molecule has 0 radical (unpaired) electrons. The standard InChI is InChI=1S/C26H34N4OS/c1-25(2)10-8-18(9-11-25)22-15-20(26(3,4)29-12-13-32-5)7-6-19(22)14-23(31)24-28-17-21(16-27)30-24/h6-8,15,17,29H,9-14H2,1-5H3,(H,28,30). The van der Waals surface area contributed by atoms with Crippen LogP contribution in [0.25, 0.3) is 5.57 Å². The number of nitrogens with zero attached hydrogens (tertiary/aromatic N) is 2. The molecule has 0 unspecified atom stereocenters. The van der Waals surface area contributed by atoms with Crippen molar-refractivity contribution in [3.63, 3.8) is 0 Å². The van der Waals surface area contributed by atoms with Crippen LogP contribution in [0.3, 0.4) is 0 Å². The number of Topliss-reactive ketones (excluding diaryl/α,β-unsaturated/α-hetero) is 1. The van der Waals surface area contributed by atoms with Crippen LogP contribution in [-0.2, 0) is 12.0 Å². The molecule has 0 fully saturated rings. The molecule has 170 valence electrons. The van der Waals surface area contributed by atoms with Crippen LogP contribution in [0.1, 0.15) is 80.0 Å². The van der Waals surface area contributed by atoms with E-state index in [4.69, 9.17) is 5.26 Å². The largest absolute Gasteiger partial charge is 0.327 e. The minimum atomic E-state index is -0.162. The van der Waals surface area contributed by atoms with Gasteiger partial charge in [0.1, 0.15) is 11.8 Å². The lowest BCUT2D eigenvalue weighted by molar-refractivity contribution is 0.0984. The van der Waals surface area contributed by atoms with Gasteiger partial charge in [-0.15, -0.1) is 0 Å². The maximum Gasteiger partial charge on any atom is 0.202 e. The molecule has 32 heavy (non-hydrogen) atoms. The normalized spacial score (nSPS) is 15.8. The zero-order valence-electron chi connectivity index (χ0n) is 19.8. The van der Waals surface area contributed by atoms with Gasteiger partial charge in [-0.1, -0.05) is 32.1 Å². The molecule has 2 aromatic rings. The van der Waals surface area contributed by atoms with E-state index in [0.29, 0.717) is 11.1 Å². The van der Waals surface area contributed by atoms with Crippen molar-refractivity contribution in [1.29, 1.82) is 5.26 Å². The van der Waals surface area contributed by atoms with E-state index < -0.39 is 0 Å². The van der Waals surface area contributed by atoms with Gasteiger partial charge in [0.05, 0.1) is 6.20 Å². The summed E-state index contributed by atoms with van der Waals surface area (Å²) in [6.07, 6.45) is 9.33. The fraction of sp³-hybridized carbons (Fsp3) is 0.500. The minimum Gasteiger partial charge on any atom is -0.327 e. The van der Waals surface area contributed by atoms with E-state index in [9.17, 15) is 4.79 Å². The fourth-order valence-corrected chi connectivity index (χ4v) is 4.39. The Balaban J connectivity index is 1.94. The number of thioether (sulfide) groups is 1. The van der Waals surface area contributed by atoms with E-state index in [2.05, 4.69) is 73.5 Å². The van der Waals surface area contributed by atoms with Crippen LogP contribution in [0, 0.1) is 16.7 Å². The van der Waals surface area contributed by atoms with E-state index in [-0.39, 0.29) is 23.6 Å². The molecule has 1 aliphatic carbocycles. The van der Waals surface area contributed by atoms with Gasteiger partial charge >= 0.3 is 0 Å². The Morgan fingerprint density at radius 2 is 2.16 bits per heavy atom. The molecule has 1 aromatic carbocycles. The SMILES string of the molecule is CSCCNC(C)(C)c1ccc(CC(=O)c2ncc(C#N)[nH]2)c(C2=CCC(C)(C)CC2)c1. The lowest BCUT2D eigenvalue weighted by atomic mass is 9.75. The molecule has 0 spiro atoms. The van der Waals surface area contributed by atoms with Crippen molar-refractivity contribution in [2.45, 2.75) is 58.9 Å². The number of hydrogen-bond acceptors (Lipinski definition) is 5. The summed E-state index contributed by atoms with van der Waals surface area (Å²) in [4.78, 5) is 19.8. The molecule has 0 amide bonds. The highest BCUT2D eigenvalue weighted by Crippen LogP contribution is 2.39. The number of carbonyl (C=O) groups excluding carboxylic acids is 1. The first kappa shape index (κ1) is 24.3. The second-order valence-electron chi connectivity index (χ2n) is 9.87. The zero-order valence-corrected chi connectivity index (χ0v) is 20.7. The quantitative estimate of drug-likeness (QED) is 0.390. The number of carbonyl (C=O) groups is 1. The summed E-state index contributed by atoms with van der Waals surface area (Å²) in [5.41, 5.74) is 5.19. The smallest absolute Gasteiger partial charge is 0.202 e. The molecular weight excluding hydrogens is 416 g/mol. The van der Waals surface area contributed by atoms with E-state index in [0.717, 1.165) is 42.7 Å². The molecular formula is C26H34N4OS. The highest BCUT2D eigenvalue weighted by Gasteiger charge is 2.26. The number of H-pyrrole nitrogens is 1. The number of aromatic amines is 1. The Bertz CT molecular complexity index is 1040. The molecule has 1 aromatic heterocycles. The molecule has 5 nitrogen and oxygen atoms in total. The second kappa shape index (κ2) is 10.1. The number of aromatic nitrogens is 2. The van der Waals surface area contributed by atoms with Crippen molar-refractivity contribution in [1.82, 2.24) is 15.3 Å². The van der Waals surface area contributed by atoms with Gasteiger partial charge in [0.25, 0.3) is 0 Å². The maximum absolute atomic E-state index is 12.9. The second-order valence-corrected chi connectivity index (χ2v) is 10.9. The summed E-state index contributed by atoms with van der Waals surface area (Å²) in [6.45, 7) is 9.98. The van der Waals surface area contributed by atoms with Crippen molar-refractivity contribution < 1.29 is 4.79 Å². The predicted molar refractivity (Wildman–Crippen MR) is 133 cm³/mol. The lowest BCUT2D eigenvalue weighted by Crippen LogP contribution is -2.38. The van der Waals surface area contributed by atoms with Gasteiger partial charge < -0.3 is 10.3 Å². The highest BCUT2D eigenvalue weighted by molar-refractivity contribution is 7.98. The van der Waals surface area contributed by atoms with Crippen LogP contribution < -0.4 is 5.32 Å². The lowest BCUT2D eigenvalue weighted by Gasteiger charge is -2.31. The van der Waals surface area contributed by atoms with Gasteiger partial charge in [-0.05, 0) is 73.1 Å². The van der Waals surface area contributed by atoms with Crippen LogP contribution in [0.15, 0.2) is 30.5 Å². The van der Waals surface area contributed by atoms with Crippen molar-refractivity contribution >= 4 is 23.1 Å². The summed E-state index contributed by atoms with van der Waals surface area (Å²) in [5.74, 6) is 1.21. The van der Waals surface area contributed by atoms with Crippen LogP contribution in [0.4, 0.5) is 0 Å². The molecule has 0 saturated carbocycles. The van der Waals surface area contributed by atoms with Crippen molar-refractivity contribution in [2.24, 2.45) is 5.41 Å². The van der Waals surface area contributed by atoms with Gasteiger partial charge in [0.2, 0.25) is 5.78 Å². The molecule has 0 bridgehead atoms. The molecule has 2 N–H and O–H groups in total. The topological polar surface area (TPSA) is 81.6 Å². The highest BCUT2D eigenvalue weighted by atomic mass is 32.2. The number of nitriles is 1. The molecule has 6 heteroatoms. The average molecular weight is 451 g/mol. The number of benzene rings is 1. The Morgan fingerprint density at radius 3 is 2.78 bits per heavy atom. The summed E-state index contributed by atoms with van der Waals surface area (Å²) in [5, 5.41) is 12.7. The van der Waals surface area contributed by atoms with E-state index in [1.165, 1.54) is 17.3 Å². The summed E-state index contributed by atoms with van der Waals surface area (Å²) in [6, 6.07) is 8.49. The van der Waals surface area contributed by atoms with Gasteiger partial charge in [-0.25, -0.2) is 4.98 Å². The average Bonchev–Trinajstić information content (AvgIpc) is 3.24.